The van der Waals surface area contributed by atoms with Crippen LogP contribution in [0.3, 0.4) is 0 Å². The Hall–Kier alpha value is -0.870. The minimum atomic E-state index is 0.921. The van der Waals surface area contributed by atoms with Gasteiger partial charge in [-0.05, 0) is 38.9 Å². The van der Waals surface area contributed by atoms with Crippen LogP contribution in [0.2, 0.25) is 0 Å². The van der Waals surface area contributed by atoms with Gasteiger partial charge >= 0.3 is 0 Å². The van der Waals surface area contributed by atoms with E-state index in [0.29, 0.717) is 0 Å². The molecule has 0 spiro atoms. The summed E-state index contributed by atoms with van der Waals surface area (Å²) in [7, 11) is 0. The zero-order chi connectivity index (χ0) is 14.1. The molecule has 1 rings (SSSR count). The van der Waals surface area contributed by atoms with Crippen molar-refractivity contribution in [1.82, 2.24) is 20.0 Å². The fourth-order valence-corrected chi connectivity index (χ4v) is 2.30. The van der Waals surface area contributed by atoms with E-state index in [2.05, 4.69) is 53.8 Å². The molecule has 0 amide bonds. The maximum Gasteiger partial charge on any atom is 0.0625 e. The average Bonchev–Trinajstić information content (AvgIpc) is 2.84. The highest BCUT2D eigenvalue weighted by Crippen LogP contribution is 2.05. The zero-order valence-electron chi connectivity index (χ0n) is 13.1. The first-order chi connectivity index (χ1) is 9.24. The molecule has 0 bridgehead atoms. The van der Waals surface area contributed by atoms with E-state index in [0.717, 1.165) is 39.1 Å². The number of nitrogens with zero attached hydrogens (tertiary/aromatic N) is 3. The van der Waals surface area contributed by atoms with Crippen LogP contribution < -0.4 is 5.32 Å². The Bertz CT molecular complexity index is 346. The Morgan fingerprint density at radius 3 is 2.58 bits per heavy atom. The molecule has 4 nitrogen and oxygen atoms in total. The van der Waals surface area contributed by atoms with Gasteiger partial charge in [-0.2, -0.15) is 5.10 Å². The second-order valence-electron chi connectivity index (χ2n) is 4.91. The normalized spacial score (nSPS) is 11.4. The Morgan fingerprint density at radius 1 is 1.21 bits per heavy atom. The number of rotatable bonds is 10. The van der Waals surface area contributed by atoms with Crippen LogP contribution in [0.1, 0.15) is 45.5 Å². The van der Waals surface area contributed by atoms with Gasteiger partial charge in [-0.25, -0.2) is 0 Å². The van der Waals surface area contributed by atoms with Gasteiger partial charge in [0.2, 0.25) is 0 Å². The molecule has 1 heterocycles. The molecule has 110 valence electrons. The SMILES string of the molecule is CCCN(CC)CCNCc1cc(CC)nn1CC. The van der Waals surface area contributed by atoms with Gasteiger partial charge < -0.3 is 10.2 Å². The number of nitrogens with one attached hydrogen (secondary N) is 1. The molecule has 0 radical (unpaired) electrons. The van der Waals surface area contributed by atoms with Crippen molar-refractivity contribution in [3.8, 4) is 0 Å². The minimum Gasteiger partial charge on any atom is -0.310 e. The van der Waals surface area contributed by atoms with Crippen LogP contribution in [0.5, 0.6) is 0 Å². The molecule has 0 aliphatic rings. The third kappa shape index (κ3) is 5.33. The maximum absolute atomic E-state index is 4.57. The predicted octanol–water partition coefficient (Wildman–Crippen LogP) is 2.29. The van der Waals surface area contributed by atoms with Crippen LogP contribution in [-0.4, -0.2) is 40.9 Å². The monoisotopic (exact) mass is 266 g/mol. The van der Waals surface area contributed by atoms with Gasteiger partial charge in [-0.15, -0.1) is 0 Å². The van der Waals surface area contributed by atoms with E-state index in [-0.39, 0.29) is 0 Å². The molecule has 1 N–H and O–H groups in total. The van der Waals surface area contributed by atoms with E-state index >= 15 is 0 Å². The van der Waals surface area contributed by atoms with Crippen molar-refractivity contribution >= 4 is 0 Å². The van der Waals surface area contributed by atoms with E-state index < -0.39 is 0 Å². The molecule has 0 saturated heterocycles. The van der Waals surface area contributed by atoms with E-state index in [4.69, 9.17) is 0 Å². The van der Waals surface area contributed by atoms with Crippen molar-refractivity contribution in [3.05, 3.63) is 17.5 Å². The third-order valence-corrected chi connectivity index (χ3v) is 3.47. The first-order valence-electron chi connectivity index (χ1n) is 7.73. The summed E-state index contributed by atoms with van der Waals surface area (Å²) in [5.74, 6) is 0. The summed E-state index contributed by atoms with van der Waals surface area (Å²) < 4.78 is 2.11. The van der Waals surface area contributed by atoms with Crippen molar-refractivity contribution in [2.24, 2.45) is 0 Å². The Morgan fingerprint density at radius 2 is 2.00 bits per heavy atom. The summed E-state index contributed by atoms with van der Waals surface area (Å²) in [6, 6.07) is 2.22. The Kier molecular flexibility index (Phi) is 7.75. The second kappa shape index (κ2) is 9.10. The van der Waals surface area contributed by atoms with E-state index in [1.54, 1.807) is 0 Å². The van der Waals surface area contributed by atoms with E-state index in [1.165, 1.54) is 24.4 Å². The molecule has 1 aromatic rings. The maximum atomic E-state index is 4.57. The highest BCUT2D eigenvalue weighted by Gasteiger charge is 2.05. The number of aryl methyl sites for hydroxylation is 2. The molecule has 1 aromatic heterocycles. The minimum absolute atomic E-state index is 0.921. The molecule has 0 aliphatic carbocycles. The van der Waals surface area contributed by atoms with Gasteiger partial charge in [-0.1, -0.05) is 20.8 Å². The molecule has 0 atom stereocenters. The van der Waals surface area contributed by atoms with Crippen molar-refractivity contribution in [2.75, 3.05) is 26.2 Å². The fourth-order valence-electron chi connectivity index (χ4n) is 2.30. The number of hydrogen-bond donors (Lipinski definition) is 1. The lowest BCUT2D eigenvalue weighted by atomic mass is 10.3. The van der Waals surface area contributed by atoms with Gasteiger partial charge in [0.25, 0.3) is 0 Å². The van der Waals surface area contributed by atoms with Crippen molar-refractivity contribution in [1.29, 1.82) is 0 Å². The van der Waals surface area contributed by atoms with Crippen LogP contribution in [-0.2, 0) is 19.5 Å². The summed E-state index contributed by atoms with van der Waals surface area (Å²) in [6.07, 6.45) is 2.25. The van der Waals surface area contributed by atoms with Crippen LogP contribution >= 0.6 is 0 Å². The van der Waals surface area contributed by atoms with Crippen LogP contribution in [0.4, 0.5) is 0 Å². The van der Waals surface area contributed by atoms with Gasteiger partial charge in [0.15, 0.2) is 0 Å². The summed E-state index contributed by atoms with van der Waals surface area (Å²) in [5, 5.41) is 8.11. The molecule has 0 fully saturated rings. The van der Waals surface area contributed by atoms with E-state index in [9.17, 15) is 0 Å². The highest BCUT2D eigenvalue weighted by atomic mass is 15.3. The predicted molar refractivity (Wildman–Crippen MR) is 81.4 cm³/mol. The van der Waals surface area contributed by atoms with Gasteiger partial charge in [-0.3, -0.25) is 4.68 Å². The number of hydrogen-bond acceptors (Lipinski definition) is 3. The van der Waals surface area contributed by atoms with Crippen molar-refractivity contribution in [2.45, 2.75) is 53.6 Å². The smallest absolute Gasteiger partial charge is 0.0625 e. The van der Waals surface area contributed by atoms with Crippen LogP contribution in [0, 0.1) is 0 Å². The lowest BCUT2D eigenvalue weighted by Crippen LogP contribution is -2.32. The van der Waals surface area contributed by atoms with Gasteiger partial charge in [0.05, 0.1) is 11.4 Å². The summed E-state index contributed by atoms with van der Waals surface area (Å²) >= 11 is 0. The van der Waals surface area contributed by atoms with Gasteiger partial charge in [0.1, 0.15) is 0 Å². The largest absolute Gasteiger partial charge is 0.310 e. The average molecular weight is 266 g/mol. The van der Waals surface area contributed by atoms with Crippen molar-refractivity contribution < 1.29 is 0 Å². The molecule has 0 unspecified atom stereocenters. The third-order valence-electron chi connectivity index (χ3n) is 3.47. The van der Waals surface area contributed by atoms with Gasteiger partial charge in [0, 0.05) is 26.2 Å². The molecule has 0 aromatic carbocycles. The van der Waals surface area contributed by atoms with Crippen LogP contribution in [0.25, 0.3) is 0 Å². The first-order valence-corrected chi connectivity index (χ1v) is 7.73. The quantitative estimate of drug-likeness (QED) is 0.660. The second-order valence-corrected chi connectivity index (χ2v) is 4.91. The molecular weight excluding hydrogens is 236 g/mol. The Labute approximate surface area is 118 Å². The topological polar surface area (TPSA) is 33.1 Å². The summed E-state index contributed by atoms with van der Waals surface area (Å²) in [4.78, 5) is 2.49. The molecule has 19 heavy (non-hydrogen) atoms. The number of likely N-dealkylation sites (N-methyl/N-ethyl adjacent to an activating group) is 1. The lowest BCUT2D eigenvalue weighted by Gasteiger charge is -2.19. The molecule has 0 saturated carbocycles. The lowest BCUT2D eigenvalue weighted by molar-refractivity contribution is 0.287. The standard InChI is InChI=1S/C15H30N4/c1-5-10-18(7-3)11-9-16-13-15-12-14(6-2)17-19(15)8-4/h12,16H,5-11,13H2,1-4H3. The fraction of sp³-hybridized carbons (Fsp3) is 0.800. The Balaban J connectivity index is 2.34. The summed E-state index contributed by atoms with van der Waals surface area (Å²) in [5.41, 5.74) is 2.50. The van der Waals surface area contributed by atoms with Crippen LogP contribution in [0.15, 0.2) is 6.07 Å². The number of aromatic nitrogens is 2. The molecule has 4 heteroatoms. The van der Waals surface area contributed by atoms with E-state index in [1.807, 2.05) is 0 Å². The summed E-state index contributed by atoms with van der Waals surface area (Å²) in [6.45, 7) is 15.2. The highest BCUT2D eigenvalue weighted by molar-refractivity contribution is 5.10. The zero-order valence-corrected chi connectivity index (χ0v) is 13.1. The van der Waals surface area contributed by atoms with Crippen molar-refractivity contribution in [3.63, 3.8) is 0 Å². The first kappa shape index (κ1) is 16.2. The molecular formula is C15H30N4. The molecule has 0 aliphatic heterocycles.